The average molecular weight is 470 g/mol. The molecule has 1 aliphatic heterocycles. The standard InChI is InChI=1S/C19H20ClN3O3S3/c1-12-7-8-14(20)17-16(12)22(2)19(28-17)21-18(24)13-5-3-9-23(11-13)29(25,26)15-6-4-10-27-15/h4,6-8,10,13H,3,5,9,11H2,1-2H3. The Labute approximate surface area is 182 Å². The minimum absolute atomic E-state index is 0.164. The SMILES string of the molecule is Cc1ccc(Cl)c2sc(=NC(=O)C3CCCN(S(=O)(=O)c4cccs4)C3)n(C)c12. The zero-order valence-corrected chi connectivity index (χ0v) is 19.2. The van der Waals surface area contributed by atoms with E-state index in [1.165, 1.54) is 27.0 Å². The largest absolute Gasteiger partial charge is 0.319 e. The number of thiophene rings is 1. The third-order valence-electron chi connectivity index (χ3n) is 5.13. The number of carbonyl (C=O) groups excluding carboxylic acids is 1. The molecular weight excluding hydrogens is 450 g/mol. The van der Waals surface area contributed by atoms with Crippen LogP contribution in [0, 0.1) is 12.8 Å². The van der Waals surface area contributed by atoms with E-state index < -0.39 is 15.9 Å². The highest BCUT2D eigenvalue weighted by Crippen LogP contribution is 2.29. The van der Waals surface area contributed by atoms with Gasteiger partial charge in [-0.1, -0.05) is 35.1 Å². The van der Waals surface area contributed by atoms with Crippen LogP contribution in [0.3, 0.4) is 0 Å². The second kappa shape index (κ2) is 7.96. The minimum Gasteiger partial charge on any atom is -0.319 e. The van der Waals surface area contributed by atoms with Crippen LogP contribution >= 0.6 is 34.3 Å². The van der Waals surface area contributed by atoms with Crippen LogP contribution in [0.2, 0.25) is 5.02 Å². The van der Waals surface area contributed by atoms with Crippen LogP contribution in [0.1, 0.15) is 18.4 Å². The first-order valence-corrected chi connectivity index (χ1v) is 12.7. The van der Waals surface area contributed by atoms with Crippen LogP contribution in [0.15, 0.2) is 38.8 Å². The van der Waals surface area contributed by atoms with E-state index in [4.69, 9.17) is 11.6 Å². The van der Waals surface area contributed by atoms with E-state index in [-0.39, 0.29) is 12.5 Å². The van der Waals surface area contributed by atoms with Gasteiger partial charge in [0, 0.05) is 20.1 Å². The fraction of sp³-hybridized carbons (Fsp3) is 0.368. The van der Waals surface area contributed by atoms with Gasteiger partial charge in [-0.3, -0.25) is 4.79 Å². The molecule has 10 heteroatoms. The molecule has 0 radical (unpaired) electrons. The molecule has 6 nitrogen and oxygen atoms in total. The van der Waals surface area contributed by atoms with E-state index in [0.29, 0.717) is 33.4 Å². The van der Waals surface area contributed by atoms with Crippen molar-refractivity contribution in [2.45, 2.75) is 24.0 Å². The van der Waals surface area contributed by atoms with Crippen molar-refractivity contribution in [1.82, 2.24) is 8.87 Å². The van der Waals surface area contributed by atoms with E-state index in [1.807, 2.05) is 30.7 Å². The van der Waals surface area contributed by atoms with E-state index in [1.54, 1.807) is 17.5 Å². The molecule has 0 N–H and O–H groups in total. The summed E-state index contributed by atoms with van der Waals surface area (Å²) in [4.78, 5) is 17.8. The van der Waals surface area contributed by atoms with E-state index in [9.17, 15) is 13.2 Å². The van der Waals surface area contributed by atoms with Gasteiger partial charge in [-0.25, -0.2) is 8.42 Å². The molecule has 4 rings (SSSR count). The summed E-state index contributed by atoms with van der Waals surface area (Å²) >= 11 is 8.88. The number of hydrogen-bond acceptors (Lipinski definition) is 5. The fourth-order valence-corrected chi connectivity index (χ4v) is 7.64. The highest BCUT2D eigenvalue weighted by atomic mass is 35.5. The molecule has 1 atom stereocenters. The van der Waals surface area contributed by atoms with Crippen molar-refractivity contribution in [3.05, 3.63) is 45.0 Å². The number of aromatic nitrogens is 1. The summed E-state index contributed by atoms with van der Waals surface area (Å²) in [6.45, 7) is 2.58. The molecule has 1 unspecified atom stereocenters. The zero-order valence-electron chi connectivity index (χ0n) is 16.0. The molecule has 29 heavy (non-hydrogen) atoms. The third kappa shape index (κ3) is 3.82. The number of benzene rings is 1. The maximum Gasteiger partial charge on any atom is 0.252 e. The van der Waals surface area contributed by atoms with Crippen molar-refractivity contribution in [2.75, 3.05) is 13.1 Å². The summed E-state index contributed by atoms with van der Waals surface area (Å²) in [6, 6.07) is 7.10. The Morgan fingerprint density at radius 2 is 2.10 bits per heavy atom. The Kier molecular flexibility index (Phi) is 5.69. The van der Waals surface area contributed by atoms with Crippen LogP contribution in [0.25, 0.3) is 10.2 Å². The topological polar surface area (TPSA) is 71.7 Å². The number of amides is 1. The van der Waals surface area contributed by atoms with Gasteiger partial charge in [-0.2, -0.15) is 9.30 Å². The molecule has 1 amide bonds. The summed E-state index contributed by atoms with van der Waals surface area (Å²) in [6.07, 6.45) is 1.27. The lowest BCUT2D eigenvalue weighted by atomic mass is 9.99. The normalized spacial score (nSPS) is 19.1. The first kappa shape index (κ1) is 20.7. The lowest BCUT2D eigenvalue weighted by Crippen LogP contribution is -2.42. The quantitative estimate of drug-likeness (QED) is 0.585. The van der Waals surface area contributed by atoms with Gasteiger partial charge in [0.15, 0.2) is 4.80 Å². The monoisotopic (exact) mass is 469 g/mol. The Morgan fingerprint density at radius 3 is 2.79 bits per heavy atom. The van der Waals surface area contributed by atoms with E-state index in [2.05, 4.69) is 4.99 Å². The number of fused-ring (bicyclic) bond motifs is 1. The molecule has 3 aromatic rings. The molecule has 0 spiro atoms. The van der Waals surface area contributed by atoms with Crippen molar-refractivity contribution in [1.29, 1.82) is 0 Å². The smallest absolute Gasteiger partial charge is 0.252 e. The third-order valence-corrected chi connectivity index (χ3v) is 9.96. The molecule has 1 fully saturated rings. The summed E-state index contributed by atoms with van der Waals surface area (Å²) in [5, 5.41) is 2.37. The van der Waals surface area contributed by atoms with Gasteiger partial charge in [-0.15, -0.1) is 11.3 Å². The van der Waals surface area contributed by atoms with E-state index in [0.717, 1.165) is 15.8 Å². The fourth-order valence-electron chi connectivity index (χ4n) is 3.60. The lowest BCUT2D eigenvalue weighted by Gasteiger charge is -2.29. The second-order valence-corrected chi connectivity index (χ2v) is 11.6. The number of aryl methyl sites for hydroxylation is 2. The summed E-state index contributed by atoms with van der Waals surface area (Å²) < 4.78 is 30.1. The Hall–Kier alpha value is -1.52. The molecule has 154 valence electrons. The first-order valence-electron chi connectivity index (χ1n) is 9.16. The van der Waals surface area contributed by atoms with Crippen molar-refractivity contribution in [3.8, 4) is 0 Å². The van der Waals surface area contributed by atoms with Gasteiger partial charge in [0.1, 0.15) is 4.21 Å². The number of sulfonamides is 1. The molecule has 0 aliphatic carbocycles. The number of carbonyl (C=O) groups is 1. The minimum atomic E-state index is -3.56. The Morgan fingerprint density at radius 1 is 1.31 bits per heavy atom. The van der Waals surface area contributed by atoms with Crippen LogP contribution in [-0.4, -0.2) is 36.3 Å². The van der Waals surface area contributed by atoms with E-state index >= 15 is 0 Å². The molecule has 0 saturated carbocycles. The number of hydrogen-bond donors (Lipinski definition) is 0. The molecule has 0 bridgehead atoms. The molecule has 3 heterocycles. The lowest BCUT2D eigenvalue weighted by molar-refractivity contribution is -0.122. The van der Waals surface area contributed by atoms with Crippen LogP contribution in [0.5, 0.6) is 0 Å². The van der Waals surface area contributed by atoms with Crippen molar-refractivity contribution in [2.24, 2.45) is 18.0 Å². The predicted octanol–water partition coefficient (Wildman–Crippen LogP) is 3.79. The first-order chi connectivity index (χ1) is 13.8. The van der Waals surface area contributed by atoms with Gasteiger partial charge >= 0.3 is 0 Å². The highest BCUT2D eigenvalue weighted by molar-refractivity contribution is 7.91. The van der Waals surface area contributed by atoms with Gasteiger partial charge < -0.3 is 4.57 Å². The average Bonchev–Trinajstić information content (AvgIpc) is 3.35. The second-order valence-electron chi connectivity index (χ2n) is 7.07. The van der Waals surface area contributed by atoms with Crippen molar-refractivity contribution >= 4 is 60.4 Å². The highest BCUT2D eigenvalue weighted by Gasteiger charge is 2.33. The van der Waals surface area contributed by atoms with Gasteiger partial charge in [-0.05, 0) is 42.8 Å². The van der Waals surface area contributed by atoms with Crippen LogP contribution in [0.4, 0.5) is 0 Å². The van der Waals surface area contributed by atoms with Crippen LogP contribution in [-0.2, 0) is 21.9 Å². The summed E-state index contributed by atoms with van der Waals surface area (Å²) in [7, 11) is -1.70. The van der Waals surface area contributed by atoms with Gasteiger partial charge in [0.25, 0.3) is 15.9 Å². The number of piperidine rings is 1. The van der Waals surface area contributed by atoms with Crippen molar-refractivity contribution < 1.29 is 13.2 Å². The zero-order chi connectivity index (χ0) is 20.8. The number of nitrogens with zero attached hydrogens (tertiary/aromatic N) is 3. The Bertz CT molecular complexity index is 1240. The predicted molar refractivity (Wildman–Crippen MR) is 117 cm³/mol. The maximum absolute atomic E-state index is 12.9. The van der Waals surface area contributed by atoms with Gasteiger partial charge in [0.2, 0.25) is 0 Å². The molecule has 2 aromatic heterocycles. The van der Waals surface area contributed by atoms with Gasteiger partial charge in [0.05, 0.1) is 21.2 Å². The molecule has 1 aliphatic rings. The number of thiazole rings is 1. The molecule has 1 aromatic carbocycles. The summed E-state index contributed by atoms with van der Waals surface area (Å²) in [5.74, 6) is -0.729. The van der Waals surface area contributed by atoms with Crippen molar-refractivity contribution in [3.63, 3.8) is 0 Å². The molecular formula is C19H20ClN3O3S3. The number of halogens is 1. The molecule has 1 saturated heterocycles. The Balaban J connectivity index is 1.64. The van der Waals surface area contributed by atoms with Crippen LogP contribution < -0.4 is 4.80 Å². The summed E-state index contributed by atoms with van der Waals surface area (Å²) in [5.41, 5.74) is 2.02. The maximum atomic E-state index is 12.9. The number of rotatable bonds is 3.